The van der Waals surface area contributed by atoms with E-state index in [1.165, 1.54) is 6.07 Å². The standard InChI is InChI=1S/C26H24ClFN4O/c27-23-15-30-25(31-26(33)20-4-2-9-29-14-20)13-22(23)19-7-6-18-8-10-32(24(18)12-19)16-17-3-1-5-21(28)11-17/h1,3,5-8,10-13,15,20,29H,2,4,9,14,16H2,(H,30,31,33)/t20-/m1/s1. The molecule has 0 spiro atoms. The minimum absolute atomic E-state index is 0.0256. The summed E-state index contributed by atoms with van der Waals surface area (Å²) in [4.78, 5) is 16.9. The highest BCUT2D eigenvalue weighted by molar-refractivity contribution is 6.33. The molecule has 1 fully saturated rings. The number of nitrogens with zero attached hydrogens (tertiary/aromatic N) is 2. The molecule has 2 N–H and O–H groups in total. The molecule has 3 heterocycles. The molecule has 1 aliphatic heterocycles. The number of halogens is 2. The number of rotatable bonds is 5. The lowest BCUT2D eigenvalue weighted by Gasteiger charge is -2.21. The number of nitrogens with one attached hydrogen (secondary N) is 2. The van der Waals surface area contributed by atoms with E-state index >= 15 is 0 Å². The van der Waals surface area contributed by atoms with Crippen molar-refractivity contribution in [2.45, 2.75) is 19.4 Å². The van der Waals surface area contributed by atoms with E-state index in [0.29, 0.717) is 23.9 Å². The third kappa shape index (κ3) is 4.77. The molecule has 2 aromatic carbocycles. The molecule has 168 valence electrons. The average Bonchev–Trinajstić information content (AvgIpc) is 3.23. The summed E-state index contributed by atoms with van der Waals surface area (Å²) in [6, 6.07) is 16.6. The average molecular weight is 463 g/mol. The SMILES string of the molecule is O=C(Nc1cc(-c2ccc3ccn(Cc4cccc(F)c4)c3c2)c(Cl)cn1)[C@@H]1CCCNC1. The molecule has 0 saturated carbocycles. The number of carbonyl (C=O) groups is 1. The fraction of sp³-hybridized carbons (Fsp3) is 0.231. The third-order valence-corrected chi connectivity index (χ3v) is 6.40. The monoisotopic (exact) mass is 462 g/mol. The lowest BCUT2D eigenvalue weighted by Crippen LogP contribution is -2.37. The fourth-order valence-corrected chi connectivity index (χ4v) is 4.57. The van der Waals surface area contributed by atoms with Gasteiger partial charge in [-0.05, 0) is 66.2 Å². The van der Waals surface area contributed by atoms with E-state index < -0.39 is 0 Å². The molecule has 4 aromatic rings. The molecular formula is C26H24ClFN4O. The van der Waals surface area contributed by atoms with Gasteiger partial charge in [0.25, 0.3) is 0 Å². The van der Waals surface area contributed by atoms with Crippen molar-refractivity contribution in [1.29, 1.82) is 0 Å². The van der Waals surface area contributed by atoms with Crippen molar-refractivity contribution < 1.29 is 9.18 Å². The molecule has 0 radical (unpaired) electrons. The Bertz CT molecular complexity index is 1310. The summed E-state index contributed by atoms with van der Waals surface area (Å²) < 4.78 is 15.7. The fourth-order valence-electron chi connectivity index (χ4n) is 4.35. The maximum atomic E-state index is 13.6. The van der Waals surface area contributed by atoms with Crippen molar-refractivity contribution in [3.63, 3.8) is 0 Å². The number of anilines is 1. The van der Waals surface area contributed by atoms with Crippen molar-refractivity contribution in [2.24, 2.45) is 5.92 Å². The first-order chi connectivity index (χ1) is 16.1. The first-order valence-corrected chi connectivity index (χ1v) is 11.5. The van der Waals surface area contributed by atoms with Crippen LogP contribution in [0.15, 0.2) is 67.0 Å². The normalized spacial score (nSPS) is 16.1. The van der Waals surface area contributed by atoms with Crippen LogP contribution in [0.1, 0.15) is 18.4 Å². The number of amides is 1. The Labute approximate surface area is 196 Å². The van der Waals surface area contributed by atoms with Gasteiger partial charge in [0, 0.05) is 36.6 Å². The van der Waals surface area contributed by atoms with Crippen LogP contribution in [0.25, 0.3) is 22.0 Å². The zero-order valence-electron chi connectivity index (χ0n) is 18.0. The van der Waals surface area contributed by atoms with Gasteiger partial charge in [-0.3, -0.25) is 4.79 Å². The summed E-state index contributed by atoms with van der Waals surface area (Å²) >= 11 is 6.49. The van der Waals surface area contributed by atoms with E-state index in [1.807, 2.05) is 36.5 Å². The highest BCUT2D eigenvalue weighted by Crippen LogP contribution is 2.32. The van der Waals surface area contributed by atoms with Crippen molar-refractivity contribution in [2.75, 3.05) is 18.4 Å². The smallest absolute Gasteiger partial charge is 0.229 e. The molecule has 0 bridgehead atoms. The molecule has 1 saturated heterocycles. The quantitative estimate of drug-likeness (QED) is 0.412. The van der Waals surface area contributed by atoms with E-state index in [-0.39, 0.29) is 17.6 Å². The van der Waals surface area contributed by atoms with Crippen LogP contribution in [-0.2, 0) is 11.3 Å². The molecule has 7 heteroatoms. The van der Waals surface area contributed by atoms with Gasteiger partial charge in [0.05, 0.1) is 10.9 Å². The number of piperidine rings is 1. The Kier molecular flexibility index (Phi) is 6.11. The number of benzene rings is 2. The van der Waals surface area contributed by atoms with Gasteiger partial charge in [0.2, 0.25) is 5.91 Å². The Morgan fingerprint density at radius 1 is 1.21 bits per heavy atom. The summed E-state index contributed by atoms with van der Waals surface area (Å²) in [5, 5.41) is 7.79. The molecular weight excluding hydrogens is 439 g/mol. The molecule has 0 unspecified atom stereocenters. The van der Waals surface area contributed by atoms with Crippen molar-refractivity contribution in [1.82, 2.24) is 14.9 Å². The van der Waals surface area contributed by atoms with Gasteiger partial charge >= 0.3 is 0 Å². The first-order valence-electron chi connectivity index (χ1n) is 11.1. The second kappa shape index (κ2) is 9.33. The Hall–Kier alpha value is -3.22. The van der Waals surface area contributed by atoms with Crippen LogP contribution in [0.5, 0.6) is 0 Å². The number of fused-ring (bicyclic) bond motifs is 1. The zero-order valence-corrected chi connectivity index (χ0v) is 18.8. The van der Waals surface area contributed by atoms with Gasteiger partial charge in [-0.1, -0.05) is 35.9 Å². The minimum Gasteiger partial charge on any atom is -0.343 e. The molecule has 0 aliphatic carbocycles. The first kappa shape index (κ1) is 21.6. The summed E-state index contributed by atoms with van der Waals surface area (Å²) in [6.07, 6.45) is 5.43. The number of aromatic nitrogens is 2. The van der Waals surface area contributed by atoms with Crippen LogP contribution in [0.4, 0.5) is 10.2 Å². The number of carbonyl (C=O) groups excluding carboxylic acids is 1. The third-order valence-electron chi connectivity index (χ3n) is 6.10. The maximum absolute atomic E-state index is 13.6. The molecule has 33 heavy (non-hydrogen) atoms. The lowest BCUT2D eigenvalue weighted by atomic mass is 9.99. The highest BCUT2D eigenvalue weighted by Gasteiger charge is 2.21. The van der Waals surface area contributed by atoms with Crippen LogP contribution in [0, 0.1) is 11.7 Å². The van der Waals surface area contributed by atoms with Crippen molar-refractivity contribution in [3.05, 3.63) is 83.4 Å². The molecule has 5 nitrogen and oxygen atoms in total. The Balaban J connectivity index is 1.43. The Morgan fingerprint density at radius 3 is 2.94 bits per heavy atom. The molecule has 1 atom stereocenters. The van der Waals surface area contributed by atoms with Crippen LogP contribution in [-0.4, -0.2) is 28.5 Å². The van der Waals surface area contributed by atoms with Crippen LogP contribution in [0.3, 0.4) is 0 Å². The lowest BCUT2D eigenvalue weighted by molar-refractivity contribution is -0.120. The van der Waals surface area contributed by atoms with Gasteiger partial charge in [0.15, 0.2) is 0 Å². The predicted octanol–water partition coefficient (Wildman–Crippen LogP) is 5.48. The second-order valence-electron chi connectivity index (χ2n) is 8.43. The second-order valence-corrected chi connectivity index (χ2v) is 8.84. The topological polar surface area (TPSA) is 59.0 Å². The molecule has 1 aliphatic rings. The summed E-state index contributed by atoms with van der Waals surface area (Å²) in [5.41, 5.74) is 3.62. The summed E-state index contributed by atoms with van der Waals surface area (Å²) in [6.45, 7) is 2.20. The number of hydrogen-bond acceptors (Lipinski definition) is 3. The van der Waals surface area contributed by atoms with E-state index in [2.05, 4.69) is 26.3 Å². The van der Waals surface area contributed by atoms with E-state index in [0.717, 1.165) is 47.0 Å². The Morgan fingerprint density at radius 2 is 2.12 bits per heavy atom. The molecule has 1 amide bonds. The van der Waals surface area contributed by atoms with Crippen LogP contribution >= 0.6 is 11.6 Å². The molecule has 2 aromatic heterocycles. The van der Waals surface area contributed by atoms with Gasteiger partial charge < -0.3 is 15.2 Å². The predicted molar refractivity (Wildman–Crippen MR) is 130 cm³/mol. The van der Waals surface area contributed by atoms with E-state index in [4.69, 9.17) is 11.6 Å². The number of hydrogen-bond donors (Lipinski definition) is 2. The van der Waals surface area contributed by atoms with Crippen LogP contribution in [0.2, 0.25) is 5.02 Å². The van der Waals surface area contributed by atoms with Gasteiger partial charge in [-0.2, -0.15) is 0 Å². The minimum atomic E-state index is -0.244. The van der Waals surface area contributed by atoms with Gasteiger partial charge in [-0.25, -0.2) is 9.37 Å². The van der Waals surface area contributed by atoms with Gasteiger partial charge in [-0.15, -0.1) is 0 Å². The molecule has 5 rings (SSSR count). The highest BCUT2D eigenvalue weighted by atomic mass is 35.5. The van der Waals surface area contributed by atoms with Crippen molar-refractivity contribution in [3.8, 4) is 11.1 Å². The van der Waals surface area contributed by atoms with Crippen molar-refractivity contribution >= 4 is 34.2 Å². The largest absolute Gasteiger partial charge is 0.343 e. The summed E-state index contributed by atoms with van der Waals surface area (Å²) in [5.74, 6) is 0.163. The maximum Gasteiger partial charge on any atom is 0.229 e. The summed E-state index contributed by atoms with van der Waals surface area (Å²) in [7, 11) is 0. The van der Waals surface area contributed by atoms with Gasteiger partial charge in [0.1, 0.15) is 11.6 Å². The number of pyridine rings is 1. The van der Waals surface area contributed by atoms with E-state index in [9.17, 15) is 9.18 Å². The zero-order chi connectivity index (χ0) is 22.8. The van der Waals surface area contributed by atoms with E-state index in [1.54, 1.807) is 18.3 Å². The van der Waals surface area contributed by atoms with Crippen LogP contribution < -0.4 is 10.6 Å².